The number of hydrogen-bond acceptors (Lipinski definition) is 3. The molecular formula is C19H28N2O2. The second-order valence-corrected chi connectivity index (χ2v) is 7.17. The molecule has 126 valence electrons. The van der Waals surface area contributed by atoms with Crippen molar-refractivity contribution in [2.24, 2.45) is 23.5 Å². The first-order valence-electron chi connectivity index (χ1n) is 8.79. The molecule has 2 aliphatic carbocycles. The quantitative estimate of drug-likeness (QED) is 0.897. The number of amides is 1. The van der Waals surface area contributed by atoms with Crippen LogP contribution in [0.2, 0.25) is 0 Å². The summed E-state index contributed by atoms with van der Waals surface area (Å²) in [7, 11) is 1.66. The first-order valence-corrected chi connectivity index (χ1v) is 8.79. The molecule has 1 amide bonds. The van der Waals surface area contributed by atoms with E-state index in [9.17, 15) is 4.79 Å². The minimum atomic E-state index is -0.0471. The zero-order valence-electron chi connectivity index (χ0n) is 14.1. The van der Waals surface area contributed by atoms with Crippen molar-refractivity contribution in [2.75, 3.05) is 7.11 Å². The molecule has 3 N–H and O–H groups in total. The largest absolute Gasteiger partial charge is 0.496 e. The minimum Gasteiger partial charge on any atom is -0.496 e. The molecule has 4 nitrogen and oxygen atoms in total. The summed E-state index contributed by atoms with van der Waals surface area (Å²) in [5.41, 5.74) is 7.35. The van der Waals surface area contributed by atoms with Gasteiger partial charge in [0.25, 0.3) is 0 Å². The predicted octanol–water partition coefficient (Wildman–Crippen LogP) is 3.03. The lowest BCUT2D eigenvalue weighted by molar-refractivity contribution is -0.128. The van der Waals surface area contributed by atoms with Crippen LogP contribution in [0.15, 0.2) is 24.3 Å². The fourth-order valence-electron chi connectivity index (χ4n) is 4.44. The summed E-state index contributed by atoms with van der Waals surface area (Å²) in [5, 5.41) is 3.18. The van der Waals surface area contributed by atoms with Gasteiger partial charge in [-0.15, -0.1) is 0 Å². The van der Waals surface area contributed by atoms with Crippen LogP contribution in [0.4, 0.5) is 0 Å². The van der Waals surface area contributed by atoms with Crippen LogP contribution in [0.3, 0.4) is 0 Å². The average Bonchev–Trinajstić information content (AvgIpc) is 2.54. The Hall–Kier alpha value is -1.55. The van der Waals surface area contributed by atoms with Crippen LogP contribution >= 0.6 is 0 Å². The van der Waals surface area contributed by atoms with E-state index in [1.807, 2.05) is 31.2 Å². The summed E-state index contributed by atoms with van der Waals surface area (Å²) in [4.78, 5) is 12.7. The Morgan fingerprint density at radius 1 is 1.26 bits per heavy atom. The molecule has 4 heteroatoms. The topological polar surface area (TPSA) is 64.3 Å². The lowest BCUT2D eigenvalue weighted by Gasteiger charge is -2.43. The Morgan fingerprint density at radius 2 is 1.91 bits per heavy atom. The van der Waals surface area contributed by atoms with Gasteiger partial charge in [-0.05, 0) is 50.5 Å². The van der Waals surface area contributed by atoms with Gasteiger partial charge in [0.2, 0.25) is 5.91 Å². The van der Waals surface area contributed by atoms with E-state index in [1.165, 1.54) is 19.3 Å². The van der Waals surface area contributed by atoms with Crippen molar-refractivity contribution in [2.45, 2.75) is 51.1 Å². The fraction of sp³-hybridized carbons (Fsp3) is 0.632. The van der Waals surface area contributed by atoms with E-state index in [-0.39, 0.29) is 17.9 Å². The Balaban J connectivity index is 1.65. The van der Waals surface area contributed by atoms with Crippen molar-refractivity contribution in [3.05, 3.63) is 29.8 Å². The summed E-state index contributed by atoms with van der Waals surface area (Å²) in [5.74, 6) is 2.16. The van der Waals surface area contributed by atoms with Crippen molar-refractivity contribution < 1.29 is 9.53 Å². The number of carbonyl (C=O) groups excluding carboxylic acids is 1. The highest BCUT2D eigenvalue weighted by Crippen LogP contribution is 2.42. The lowest BCUT2D eigenvalue weighted by atomic mass is 9.65. The molecule has 2 bridgehead atoms. The number of para-hydroxylation sites is 1. The Morgan fingerprint density at radius 3 is 2.57 bits per heavy atom. The lowest BCUT2D eigenvalue weighted by Crippen LogP contribution is -2.49. The number of nitrogens with one attached hydrogen (secondary N) is 1. The highest BCUT2D eigenvalue weighted by molar-refractivity contribution is 5.79. The number of benzene rings is 1. The second-order valence-electron chi connectivity index (χ2n) is 7.17. The molecule has 1 aromatic carbocycles. The van der Waals surface area contributed by atoms with Crippen molar-refractivity contribution in [3.8, 4) is 5.75 Å². The van der Waals surface area contributed by atoms with Crippen LogP contribution in [0.5, 0.6) is 5.75 Å². The van der Waals surface area contributed by atoms with Gasteiger partial charge in [-0.1, -0.05) is 24.6 Å². The third kappa shape index (κ3) is 3.37. The van der Waals surface area contributed by atoms with E-state index >= 15 is 0 Å². The van der Waals surface area contributed by atoms with E-state index in [1.54, 1.807) is 7.11 Å². The van der Waals surface area contributed by atoms with Gasteiger partial charge < -0.3 is 15.8 Å². The normalized spacial score (nSPS) is 31.3. The smallest absolute Gasteiger partial charge is 0.223 e. The van der Waals surface area contributed by atoms with Crippen molar-refractivity contribution in [1.29, 1.82) is 0 Å². The third-order valence-electron chi connectivity index (χ3n) is 5.75. The van der Waals surface area contributed by atoms with Gasteiger partial charge in [0.05, 0.1) is 13.2 Å². The second kappa shape index (κ2) is 6.91. The zero-order chi connectivity index (χ0) is 16.4. The first kappa shape index (κ1) is 16.3. The van der Waals surface area contributed by atoms with Crippen LogP contribution < -0.4 is 15.8 Å². The maximum atomic E-state index is 12.7. The number of ether oxygens (including phenoxy) is 1. The van der Waals surface area contributed by atoms with E-state index < -0.39 is 0 Å². The highest BCUT2D eigenvalue weighted by atomic mass is 16.5. The zero-order valence-corrected chi connectivity index (χ0v) is 14.1. The number of methoxy groups -OCH3 is 1. The van der Waals surface area contributed by atoms with Gasteiger partial charge in [-0.3, -0.25) is 4.79 Å². The summed E-state index contributed by atoms with van der Waals surface area (Å²) in [6.07, 6.45) is 5.53. The Labute approximate surface area is 138 Å². The molecule has 2 fully saturated rings. The average molecular weight is 316 g/mol. The van der Waals surface area contributed by atoms with Crippen LogP contribution in [0, 0.1) is 17.8 Å². The summed E-state index contributed by atoms with van der Waals surface area (Å²) < 4.78 is 5.40. The van der Waals surface area contributed by atoms with Crippen LogP contribution in [-0.4, -0.2) is 19.1 Å². The molecule has 0 aliphatic heterocycles. The molecular weight excluding hydrogens is 288 g/mol. The number of nitrogens with two attached hydrogens (primary N) is 1. The van der Waals surface area contributed by atoms with Gasteiger partial charge in [0.1, 0.15) is 5.75 Å². The van der Waals surface area contributed by atoms with Gasteiger partial charge in [0.15, 0.2) is 0 Å². The van der Waals surface area contributed by atoms with Gasteiger partial charge in [-0.2, -0.15) is 0 Å². The van der Waals surface area contributed by atoms with Crippen molar-refractivity contribution >= 4 is 5.91 Å². The van der Waals surface area contributed by atoms with E-state index in [0.717, 1.165) is 24.2 Å². The maximum Gasteiger partial charge on any atom is 0.223 e. The van der Waals surface area contributed by atoms with Crippen LogP contribution in [0.1, 0.15) is 50.6 Å². The number of fused-ring (bicyclic) bond motifs is 2. The molecule has 23 heavy (non-hydrogen) atoms. The maximum absolute atomic E-state index is 12.7. The standard InChI is InChI=1S/C19H28N2O2/c1-12(16-8-3-4-9-17(16)23-2)21-19(22)15-10-13-6-5-7-14(11-15)18(13)20/h3-4,8-9,12-15,18H,5-7,10-11,20H2,1-2H3,(H,21,22). The molecule has 0 aromatic heterocycles. The van der Waals surface area contributed by atoms with Crippen LogP contribution in [0.25, 0.3) is 0 Å². The molecule has 0 heterocycles. The minimum absolute atomic E-state index is 0.0471. The first-order chi connectivity index (χ1) is 11.1. The SMILES string of the molecule is COc1ccccc1C(C)NC(=O)C1CC2CCCC(C1)C2N. The number of hydrogen-bond donors (Lipinski definition) is 2. The monoisotopic (exact) mass is 316 g/mol. The summed E-state index contributed by atoms with van der Waals surface area (Å²) >= 11 is 0. The number of rotatable bonds is 4. The molecule has 3 unspecified atom stereocenters. The molecule has 2 saturated carbocycles. The van der Waals surface area contributed by atoms with Gasteiger partial charge in [0, 0.05) is 17.5 Å². The molecule has 2 aliphatic rings. The number of carbonyl (C=O) groups is 1. The summed E-state index contributed by atoms with van der Waals surface area (Å²) in [6.45, 7) is 2.02. The molecule has 0 radical (unpaired) electrons. The Bertz CT molecular complexity index is 546. The van der Waals surface area contributed by atoms with Gasteiger partial charge in [-0.25, -0.2) is 0 Å². The van der Waals surface area contributed by atoms with Crippen LogP contribution in [-0.2, 0) is 4.79 Å². The molecule has 0 spiro atoms. The molecule has 1 aromatic rings. The van der Waals surface area contributed by atoms with Crippen molar-refractivity contribution in [3.63, 3.8) is 0 Å². The third-order valence-corrected chi connectivity index (χ3v) is 5.75. The molecule has 3 rings (SSSR count). The van der Waals surface area contributed by atoms with Crippen molar-refractivity contribution in [1.82, 2.24) is 5.32 Å². The fourth-order valence-corrected chi connectivity index (χ4v) is 4.44. The van der Waals surface area contributed by atoms with E-state index in [0.29, 0.717) is 17.9 Å². The molecule has 3 atom stereocenters. The van der Waals surface area contributed by atoms with Gasteiger partial charge >= 0.3 is 0 Å². The van der Waals surface area contributed by atoms with E-state index in [4.69, 9.17) is 10.5 Å². The summed E-state index contributed by atoms with van der Waals surface area (Å²) in [6, 6.07) is 8.12. The Kier molecular flexibility index (Phi) is 4.90. The highest BCUT2D eigenvalue weighted by Gasteiger charge is 2.40. The predicted molar refractivity (Wildman–Crippen MR) is 91.1 cm³/mol. The molecule has 0 saturated heterocycles. The van der Waals surface area contributed by atoms with E-state index in [2.05, 4.69) is 5.32 Å².